The zero-order valence-electron chi connectivity index (χ0n) is 11.5. The van der Waals surface area contributed by atoms with E-state index in [1.807, 2.05) is 14.0 Å². The SMILES string of the molecule is Cc1cc(C(F)(F)F)cc(N2CCN(C)CC2)c1C. The van der Waals surface area contributed by atoms with Gasteiger partial charge in [0.05, 0.1) is 5.56 Å². The van der Waals surface area contributed by atoms with Crippen LogP contribution in [-0.4, -0.2) is 38.1 Å². The van der Waals surface area contributed by atoms with Crippen LogP contribution < -0.4 is 4.90 Å². The quantitative estimate of drug-likeness (QED) is 0.775. The molecule has 0 radical (unpaired) electrons. The zero-order chi connectivity index (χ0) is 14.2. The lowest BCUT2D eigenvalue weighted by Crippen LogP contribution is -2.44. The lowest BCUT2D eigenvalue weighted by molar-refractivity contribution is -0.137. The van der Waals surface area contributed by atoms with Crippen molar-refractivity contribution in [1.82, 2.24) is 4.90 Å². The van der Waals surface area contributed by atoms with Gasteiger partial charge < -0.3 is 9.80 Å². The van der Waals surface area contributed by atoms with Gasteiger partial charge in [0, 0.05) is 31.9 Å². The average Bonchev–Trinajstić information content (AvgIpc) is 2.32. The van der Waals surface area contributed by atoms with Gasteiger partial charge in [0.25, 0.3) is 0 Å². The van der Waals surface area contributed by atoms with E-state index in [4.69, 9.17) is 0 Å². The Balaban J connectivity index is 2.36. The third kappa shape index (κ3) is 3.03. The molecule has 2 nitrogen and oxygen atoms in total. The van der Waals surface area contributed by atoms with Gasteiger partial charge in [-0.05, 0) is 44.2 Å². The highest BCUT2D eigenvalue weighted by molar-refractivity contribution is 5.59. The topological polar surface area (TPSA) is 6.48 Å². The van der Waals surface area contributed by atoms with Gasteiger partial charge in [-0.1, -0.05) is 0 Å². The van der Waals surface area contributed by atoms with Gasteiger partial charge in [-0.15, -0.1) is 0 Å². The summed E-state index contributed by atoms with van der Waals surface area (Å²) in [4.78, 5) is 4.24. The standard InChI is InChI=1S/C14H19F3N2/c1-10-8-12(14(15,16)17)9-13(11(10)2)19-6-4-18(3)5-7-19/h8-9H,4-7H2,1-3H3. The summed E-state index contributed by atoms with van der Waals surface area (Å²) in [6, 6.07) is 2.52. The minimum atomic E-state index is -4.28. The predicted octanol–water partition coefficient (Wildman–Crippen LogP) is 3.07. The Labute approximate surface area is 111 Å². The molecule has 19 heavy (non-hydrogen) atoms. The molecule has 1 aliphatic rings. The van der Waals surface area contributed by atoms with Crippen LogP contribution in [-0.2, 0) is 6.18 Å². The molecule has 1 aromatic rings. The van der Waals surface area contributed by atoms with Crippen LogP contribution in [0.15, 0.2) is 12.1 Å². The third-order valence-electron chi connectivity index (χ3n) is 3.81. The Morgan fingerprint density at radius 2 is 1.58 bits per heavy atom. The van der Waals surface area contributed by atoms with Gasteiger partial charge in [0.15, 0.2) is 0 Å². The maximum absolute atomic E-state index is 12.9. The van der Waals surface area contributed by atoms with Crippen molar-refractivity contribution in [2.45, 2.75) is 20.0 Å². The van der Waals surface area contributed by atoms with Crippen molar-refractivity contribution in [3.05, 3.63) is 28.8 Å². The number of likely N-dealkylation sites (N-methyl/N-ethyl adjacent to an activating group) is 1. The molecule has 2 rings (SSSR count). The molecule has 0 aliphatic carbocycles. The van der Waals surface area contributed by atoms with Crippen molar-refractivity contribution in [2.75, 3.05) is 38.1 Å². The molecular formula is C14H19F3N2. The van der Waals surface area contributed by atoms with E-state index in [1.54, 1.807) is 6.92 Å². The van der Waals surface area contributed by atoms with Crippen molar-refractivity contribution >= 4 is 5.69 Å². The Morgan fingerprint density at radius 1 is 1.00 bits per heavy atom. The Morgan fingerprint density at radius 3 is 2.11 bits per heavy atom. The number of benzene rings is 1. The first-order valence-corrected chi connectivity index (χ1v) is 6.41. The Bertz CT molecular complexity index is 460. The van der Waals surface area contributed by atoms with Crippen molar-refractivity contribution in [3.8, 4) is 0 Å². The average molecular weight is 272 g/mol. The van der Waals surface area contributed by atoms with Crippen LogP contribution in [0.5, 0.6) is 0 Å². The smallest absolute Gasteiger partial charge is 0.369 e. The minimum absolute atomic E-state index is 0.551. The highest BCUT2D eigenvalue weighted by Crippen LogP contribution is 2.35. The molecule has 0 aromatic heterocycles. The molecule has 106 valence electrons. The van der Waals surface area contributed by atoms with Crippen LogP contribution in [0.2, 0.25) is 0 Å². The molecule has 0 atom stereocenters. The fraction of sp³-hybridized carbons (Fsp3) is 0.571. The highest BCUT2D eigenvalue weighted by atomic mass is 19.4. The summed E-state index contributed by atoms with van der Waals surface area (Å²) in [5, 5.41) is 0. The van der Waals surface area contributed by atoms with Crippen LogP contribution in [0.4, 0.5) is 18.9 Å². The van der Waals surface area contributed by atoms with Crippen LogP contribution in [0.25, 0.3) is 0 Å². The molecule has 1 aromatic carbocycles. The molecule has 0 amide bonds. The summed E-state index contributed by atoms with van der Waals surface area (Å²) in [5.41, 5.74) is 1.81. The zero-order valence-corrected chi connectivity index (χ0v) is 11.5. The van der Waals surface area contributed by atoms with Crippen LogP contribution in [0, 0.1) is 13.8 Å². The monoisotopic (exact) mass is 272 g/mol. The number of hydrogen-bond acceptors (Lipinski definition) is 2. The number of rotatable bonds is 1. The van der Waals surface area contributed by atoms with Crippen LogP contribution in [0.3, 0.4) is 0 Å². The first-order chi connectivity index (χ1) is 8.79. The van der Waals surface area contributed by atoms with Crippen LogP contribution >= 0.6 is 0 Å². The lowest BCUT2D eigenvalue weighted by Gasteiger charge is -2.35. The molecule has 0 N–H and O–H groups in total. The van der Waals surface area contributed by atoms with Crippen LogP contribution in [0.1, 0.15) is 16.7 Å². The Kier molecular flexibility index (Phi) is 3.76. The van der Waals surface area contributed by atoms with Gasteiger partial charge in [0.1, 0.15) is 0 Å². The van der Waals surface area contributed by atoms with Gasteiger partial charge >= 0.3 is 6.18 Å². The lowest BCUT2D eigenvalue weighted by atomic mass is 10.0. The van der Waals surface area contributed by atoms with Crippen molar-refractivity contribution in [3.63, 3.8) is 0 Å². The van der Waals surface area contributed by atoms with Gasteiger partial charge in [-0.3, -0.25) is 0 Å². The van der Waals surface area contributed by atoms with E-state index in [9.17, 15) is 13.2 Å². The van der Waals surface area contributed by atoms with E-state index < -0.39 is 11.7 Å². The summed E-state index contributed by atoms with van der Waals surface area (Å²) in [6.07, 6.45) is -4.28. The highest BCUT2D eigenvalue weighted by Gasteiger charge is 2.32. The first kappa shape index (κ1) is 14.2. The van der Waals surface area contributed by atoms with E-state index >= 15 is 0 Å². The maximum Gasteiger partial charge on any atom is 0.416 e. The molecule has 1 fully saturated rings. The summed E-state index contributed by atoms with van der Waals surface area (Å²) < 4.78 is 38.6. The summed E-state index contributed by atoms with van der Waals surface area (Å²) >= 11 is 0. The maximum atomic E-state index is 12.9. The normalized spacial score (nSPS) is 17.9. The van der Waals surface area contributed by atoms with Crippen molar-refractivity contribution < 1.29 is 13.2 Å². The number of halogens is 3. The van der Waals surface area contributed by atoms with E-state index in [-0.39, 0.29) is 0 Å². The molecule has 1 heterocycles. The second-order valence-corrected chi connectivity index (χ2v) is 5.23. The predicted molar refractivity (Wildman–Crippen MR) is 70.6 cm³/mol. The van der Waals surface area contributed by atoms with Crippen molar-refractivity contribution in [1.29, 1.82) is 0 Å². The fourth-order valence-corrected chi connectivity index (χ4v) is 2.38. The number of nitrogens with zero attached hydrogens (tertiary/aromatic N) is 2. The summed E-state index contributed by atoms with van der Waals surface area (Å²) in [7, 11) is 2.03. The number of alkyl halides is 3. The molecule has 0 spiro atoms. The number of aryl methyl sites for hydroxylation is 1. The van der Waals surface area contributed by atoms with Gasteiger partial charge in [-0.25, -0.2) is 0 Å². The van der Waals surface area contributed by atoms with E-state index in [0.29, 0.717) is 5.56 Å². The second kappa shape index (κ2) is 5.04. The van der Waals surface area contributed by atoms with E-state index in [1.165, 1.54) is 12.1 Å². The summed E-state index contributed by atoms with van der Waals surface area (Å²) in [6.45, 7) is 6.95. The molecule has 0 bridgehead atoms. The Hall–Kier alpha value is -1.23. The van der Waals surface area contributed by atoms with E-state index in [2.05, 4.69) is 9.80 Å². The molecular weight excluding hydrogens is 253 g/mol. The second-order valence-electron chi connectivity index (χ2n) is 5.23. The fourth-order valence-electron chi connectivity index (χ4n) is 2.38. The molecule has 0 saturated carbocycles. The van der Waals surface area contributed by atoms with E-state index in [0.717, 1.165) is 37.4 Å². The number of anilines is 1. The minimum Gasteiger partial charge on any atom is -0.369 e. The third-order valence-corrected chi connectivity index (χ3v) is 3.81. The number of piperazine rings is 1. The molecule has 5 heteroatoms. The largest absolute Gasteiger partial charge is 0.416 e. The van der Waals surface area contributed by atoms with Gasteiger partial charge in [0.2, 0.25) is 0 Å². The molecule has 1 saturated heterocycles. The van der Waals surface area contributed by atoms with Gasteiger partial charge in [-0.2, -0.15) is 13.2 Å². The molecule has 0 unspecified atom stereocenters. The first-order valence-electron chi connectivity index (χ1n) is 6.41. The molecule has 1 aliphatic heterocycles. The summed E-state index contributed by atoms with van der Waals surface area (Å²) in [5.74, 6) is 0. The van der Waals surface area contributed by atoms with Crippen molar-refractivity contribution in [2.24, 2.45) is 0 Å². The number of hydrogen-bond donors (Lipinski definition) is 0.